The number of pyridine rings is 1. The Morgan fingerprint density at radius 2 is 1.62 bits per heavy atom. The van der Waals surface area contributed by atoms with Crippen LogP contribution in [0.3, 0.4) is 0 Å². The molecule has 0 unspecified atom stereocenters. The molecule has 2 heterocycles. The maximum atomic E-state index is 6.38. The van der Waals surface area contributed by atoms with Crippen LogP contribution in [0.15, 0.2) is 71.3 Å². The molecule has 0 spiro atoms. The topological polar surface area (TPSA) is 26.0 Å². The predicted octanol–water partition coefficient (Wildman–Crippen LogP) is 7.77. The monoisotopic (exact) mass is 377 g/mol. The van der Waals surface area contributed by atoms with Gasteiger partial charge in [0.15, 0.2) is 0 Å². The van der Waals surface area contributed by atoms with E-state index in [0.29, 0.717) is 0 Å². The Labute approximate surface area is 170 Å². The van der Waals surface area contributed by atoms with Crippen LogP contribution in [0.2, 0.25) is 0 Å². The lowest BCUT2D eigenvalue weighted by Crippen LogP contribution is -1.93. The number of hydrogen-bond donors (Lipinski definition) is 0. The summed E-state index contributed by atoms with van der Waals surface area (Å²) in [6.45, 7) is 2.10. The van der Waals surface area contributed by atoms with Crippen molar-refractivity contribution in [3.63, 3.8) is 0 Å². The van der Waals surface area contributed by atoms with E-state index in [9.17, 15) is 0 Å². The van der Waals surface area contributed by atoms with Gasteiger partial charge in [0.1, 0.15) is 11.2 Å². The maximum Gasteiger partial charge on any atom is 0.144 e. The molecule has 0 aliphatic heterocycles. The third-order valence-corrected chi connectivity index (χ3v) is 6.59. The second-order valence-corrected chi connectivity index (χ2v) is 8.36. The first-order chi connectivity index (χ1) is 14.3. The first-order valence-corrected chi connectivity index (χ1v) is 10.6. The van der Waals surface area contributed by atoms with E-state index >= 15 is 0 Å². The summed E-state index contributed by atoms with van der Waals surface area (Å²) in [5.74, 6) is 0.720. The van der Waals surface area contributed by atoms with Gasteiger partial charge in [-0.3, -0.25) is 4.98 Å². The van der Waals surface area contributed by atoms with Gasteiger partial charge in [0.2, 0.25) is 0 Å². The molecule has 1 fully saturated rings. The molecular formula is C27H23NO. The Morgan fingerprint density at radius 1 is 0.828 bits per heavy atom. The van der Waals surface area contributed by atoms with Gasteiger partial charge in [-0.05, 0) is 54.3 Å². The second-order valence-electron chi connectivity index (χ2n) is 8.36. The van der Waals surface area contributed by atoms with Gasteiger partial charge in [-0.1, -0.05) is 61.4 Å². The Kier molecular flexibility index (Phi) is 3.73. The van der Waals surface area contributed by atoms with Crippen molar-refractivity contribution in [1.29, 1.82) is 0 Å². The average molecular weight is 377 g/mol. The highest BCUT2D eigenvalue weighted by Gasteiger charge is 2.19. The van der Waals surface area contributed by atoms with Crippen molar-refractivity contribution < 1.29 is 4.42 Å². The van der Waals surface area contributed by atoms with Crippen LogP contribution < -0.4 is 0 Å². The maximum absolute atomic E-state index is 6.38. The third kappa shape index (κ3) is 2.59. The molecule has 2 aromatic heterocycles. The fraction of sp³-hybridized carbons (Fsp3) is 0.222. The highest BCUT2D eigenvalue weighted by atomic mass is 16.3. The Hall–Kier alpha value is -3.13. The Balaban J connectivity index is 1.59. The SMILES string of the molecule is Cc1cccc2c1oc1c(-c3nccc4cc(C5CCCC5)ccc34)cccc12. The molecule has 5 aromatic rings. The number of benzene rings is 3. The summed E-state index contributed by atoms with van der Waals surface area (Å²) in [6, 6.07) is 21.8. The summed E-state index contributed by atoms with van der Waals surface area (Å²) in [7, 11) is 0. The van der Waals surface area contributed by atoms with Crippen molar-refractivity contribution >= 4 is 32.7 Å². The van der Waals surface area contributed by atoms with Crippen molar-refractivity contribution in [1.82, 2.24) is 4.98 Å². The fourth-order valence-corrected chi connectivity index (χ4v) is 5.07. The summed E-state index contributed by atoms with van der Waals surface area (Å²) in [5, 5.41) is 4.79. The molecule has 0 N–H and O–H groups in total. The van der Waals surface area contributed by atoms with Gasteiger partial charge in [-0.2, -0.15) is 0 Å². The highest BCUT2D eigenvalue weighted by Crippen LogP contribution is 2.40. The van der Waals surface area contributed by atoms with E-state index in [1.165, 1.54) is 47.4 Å². The summed E-state index contributed by atoms with van der Waals surface area (Å²) in [6.07, 6.45) is 7.29. The quantitative estimate of drug-likeness (QED) is 0.314. The molecule has 0 amide bonds. The van der Waals surface area contributed by atoms with Crippen LogP contribution >= 0.6 is 0 Å². The molecule has 0 radical (unpaired) electrons. The average Bonchev–Trinajstić information content (AvgIpc) is 3.42. The van der Waals surface area contributed by atoms with Crippen LogP contribution in [0.5, 0.6) is 0 Å². The molecule has 1 saturated carbocycles. The van der Waals surface area contributed by atoms with Crippen molar-refractivity contribution in [3.05, 3.63) is 78.0 Å². The van der Waals surface area contributed by atoms with E-state index in [1.807, 2.05) is 6.20 Å². The molecule has 2 heteroatoms. The first kappa shape index (κ1) is 16.8. The van der Waals surface area contributed by atoms with Gasteiger partial charge >= 0.3 is 0 Å². The number of nitrogens with zero attached hydrogens (tertiary/aromatic N) is 1. The van der Waals surface area contributed by atoms with Gasteiger partial charge in [0.05, 0.1) is 5.69 Å². The molecule has 1 aliphatic rings. The standard InChI is InChI=1S/C27H23NO/c1-17-6-4-9-22-23-10-5-11-24(27(23)29-26(17)22)25-21-13-12-19(18-7-2-3-8-18)16-20(21)14-15-28-25/h4-6,9-16,18H,2-3,7-8H2,1H3. The summed E-state index contributed by atoms with van der Waals surface area (Å²) in [4.78, 5) is 4.79. The Bertz CT molecular complexity index is 1370. The van der Waals surface area contributed by atoms with Gasteiger partial charge in [0, 0.05) is 27.9 Å². The summed E-state index contributed by atoms with van der Waals surface area (Å²) >= 11 is 0. The van der Waals surface area contributed by atoms with E-state index in [1.54, 1.807) is 0 Å². The lowest BCUT2D eigenvalue weighted by Gasteiger charge is -2.12. The van der Waals surface area contributed by atoms with Crippen LogP contribution in [0.4, 0.5) is 0 Å². The highest BCUT2D eigenvalue weighted by molar-refractivity contribution is 6.12. The number of hydrogen-bond acceptors (Lipinski definition) is 2. The lowest BCUT2D eigenvalue weighted by molar-refractivity contribution is 0.666. The number of para-hydroxylation sites is 2. The minimum Gasteiger partial charge on any atom is -0.455 e. The molecule has 3 aromatic carbocycles. The zero-order valence-corrected chi connectivity index (χ0v) is 16.6. The molecule has 142 valence electrons. The van der Waals surface area contributed by atoms with Crippen molar-refractivity contribution in [3.8, 4) is 11.3 Å². The van der Waals surface area contributed by atoms with Gasteiger partial charge < -0.3 is 4.42 Å². The minimum atomic E-state index is 0.720. The molecule has 1 aliphatic carbocycles. The van der Waals surface area contributed by atoms with E-state index in [-0.39, 0.29) is 0 Å². The molecule has 29 heavy (non-hydrogen) atoms. The predicted molar refractivity (Wildman–Crippen MR) is 120 cm³/mol. The molecule has 0 atom stereocenters. The van der Waals surface area contributed by atoms with Crippen LogP contribution in [0.25, 0.3) is 44.0 Å². The number of furan rings is 1. The fourth-order valence-electron chi connectivity index (χ4n) is 5.07. The van der Waals surface area contributed by atoms with E-state index in [0.717, 1.165) is 39.3 Å². The third-order valence-electron chi connectivity index (χ3n) is 6.59. The molecule has 6 rings (SSSR count). The van der Waals surface area contributed by atoms with Crippen LogP contribution in [-0.4, -0.2) is 4.98 Å². The molecule has 2 nitrogen and oxygen atoms in total. The van der Waals surface area contributed by atoms with Crippen LogP contribution in [0.1, 0.15) is 42.7 Å². The van der Waals surface area contributed by atoms with E-state index < -0.39 is 0 Å². The van der Waals surface area contributed by atoms with Crippen molar-refractivity contribution in [2.45, 2.75) is 38.5 Å². The lowest BCUT2D eigenvalue weighted by atomic mass is 9.94. The van der Waals surface area contributed by atoms with Crippen LogP contribution in [-0.2, 0) is 0 Å². The summed E-state index contributed by atoms with van der Waals surface area (Å²) in [5.41, 5.74) is 6.61. The van der Waals surface area contributed by atoms with Crippen LogP contribution in [0, 0.1) is 6.92 Å². The van der Waals surface area contributed by atoms with Gasteiger partial charge in [0.25, 0.3) is 0 Å². The summed E-state index contributed by atoms with van der Waals surface area (Å²) < 4.78 is 6.38. The second kappa shape index (κ2) is 6.45. The minimum absolute atomic E-state index is 0.720. The number of rotatable bonds is 2. The number of aromatic nitrogens is 1. The van der Waals surface area contributed by atoms with Crippen molar-refractivity contribution in [2.75, 3.05) is 0 Å². The Morgan fingerprint density at radius 3 is 2.48 bits per heavy atom. The number of aryl methyl sites for hydroxylation is 1. The zero-order valence-electron chi connectivity index (χ0n) is 16.6. The van der Waals surface area contributed by atoms with Crippen molar-refractivity contribution in [2.24, 2.45) is 0 Å². The van der Waals surface area contributed by atoms with E-state index in [2.05, 4.69) is 67.6 Å². The largest absolute Gasteiger partial charge is 0.455 e. The normalized spacial score (nSPS) is 15.1. The molecule has 0 saturated heterocycles. The number of fused-ring (bicyclic) bond motifs is 4. The van der Waals surface area contributed by atoms with Gasteiger partial charge in [-0.15, -0.1) is 0 Å². The molecule has 0 bridgehead atoms. The molecular weight excluding hydrogens is 354 g/mol. The zero-order chi connectivity index (χ0) is 19.4. The first-order valence-electron chi connectivity index (χ1n) is 10.6. The van der Waals surface area contributed by atoms with Gasteiger partial charge in [-0.25, -0.2) is 0 Å². The smallest absolute Gasteiger partial charge is 0.144 e. The van der Waals surface area contributed by atoms with E-state index in [4.69, 9.17) is 9.40 Å².